The van der Waals surface area contributed by atoms with Crippen molar-refractivity contribution in [2.75, 3.05) is 5.32 Å². The van der Waals surface area contributed by atoms with Crippen LogP contribution in [0.1, 0.15) is 39.9 Å². The molecule has 5 heteroatoms. The van der Waals surface area contributed by atoms with Crippen molar-refractivity contribution >= 4 is 39.7 Å². The average Bonchev–Trinajstić information content (AvgIpc) is 3.12. The van der Waals surface area contributed by atoms with Crippen LogP contribution in [0.2, 0.25) is 0 Å². The Labute approximate surface area is 162 Å². The van der Waals surface area contributed by atoms with Crippen LogP contribution in [-0.4, -0.2) is 18.0 Å². The van der Waals surface area contributed by atoms with Gasteiger partial charge >= 0.3 is 5.97 Å². The molecule has 0 aliphatic heterocycles. The number of esters is 1. The van der Waals surface area contributed by atoms with Gasteiger partial charge in [-0.25, -0.2) is 4.79 Å². The summed E-state index contributed by atoms with van der Waals surface area (Å²) in [5.74, 6) is -0.754. The Morgan fingerprint density at radius 3 is 2.63 bits per heavy atom. The van der Waals surface area contributed by atoms with Crippen LogP contribution in [0.3, 0.4) is 0 Å². The van der Waals surface area contributed by atoms with E-state index in [0.29, 0.717) is 10.6 Å². The van der Waals surface area contributed by atoms with E-state index in [9.17, 15) is 9.59 Å². The number of ether oxygens (including phenoxy) is 1. The lowest BCUT2D eigenvalue weighted by Gasteiger charge is -2.13. The first-order valence-electron chi connectivity index (χ1n) is 9.22. The summed E-state index contributed by atoms with van der Waals surface area (Å²) in [7, 11) is 0. The minimum absolute atomic E-state index is 0.333. The molecule has 1 N–H and O–H groups in total. The number of amides is 1. The van der Waals surface area contributed by atoms with Gasteiger partial charge in [0.2, 0.25) is 0 Å². The molecule has 1 heterocycles. The molecule has 0 saturated carbocycles. The van der Waals surface area contributed by atoms with Crippen molar-refractivity contribution in [3.63, 3.8) is 0 Å². The standard InChI is InChI=1S/C22H21NO3S/c1-14(26-22(25)20-13-17-8-4-5-9-19(17)27-20)21(24)23-18-11-10-15-6-2-3-7-16(15)12-18/h2-3,6-7,10-14H,4-5,8-9H2,1H3,(H,23,24). The lowest BCUT2D eigenvalue weighted by atomic mass is 9.99. The number of carbonyl (C=O) groups is 2. The van der Waals surface area contributed by atoms with Crippen molar-refractivity contribution in [1.82, 2.24) is 0 Å². The lowest BCUT2D eigenvalue weighted by molar-refractivity contribution is -0.123. The fourth-order valence-electron chi connectivity index (χ4n) is 3.37. The fraction of sp³-hybridized carbons (Fsp3) is 0.273. The second-order valence-electron chi connectivity index (χ2n) is 6.86. The SMILES string of the molecule is CC(OC(=O)c1cc2c(s1)CCCC2)C(=O)Nc1ccc2ccccc2c1. The average molecular weight is 379 g/mol. The Bertz CT molecular complexity index is 984. The Kier molecular flexibility index (Phi) is 4.94. The van der Waals surface area contributed by atoms with Crippen molar-refractivity contribution < 1.29 is 14.3 Å². The van der Waals surface area contributed by atoms with Gasteiger partial charge in [-0.1, -0.05) is 30.3 Å². The van der Waals surface area contributed by atoms with Crippen molar-refractivity contribution in [3.8, 4) is 0 Å². The number of thiophene rings is 1. The van der Waals surface area contributed by atoms with E-state index >= 15 is 0 Å². The molecule has 0 spiro atoms. The van der Waals surface area contributed by atoms with E-state index < -0.39 is 12.1 Å². The molecular formula is C22H21NO3S. The number of hydrogen-bond donors (Lipinski definition) is 1. The Morgan fingerprint density at radius 2 is 1.81 bits per heavy atom. The van der Waals surface area contributed by atoms with E-state index in [4.69, 9.17) is 4.74 Å². The molecule has 1 aliphatic rings. The van der Waals surface area contributed by atoms with Gasteiger partial charge < -0.3 is 10.1 Å². The van der Waals surface area contributed by atoms with Gasteiger partial charge in [0.25, 0.3) is 5.91 Å². The first-order chi connectivity index (χ1) is 13.1. The molecule has 1 atom stereocenters. The number of benzene rings is 2. The van der Waals surface area contributed by atoms with E-state index in [1.807, 2.05) is 48.5 Å². The number of anilines is 1. The summed E-state index contributed by atoms with van der Waals surface area (Å²) in [5, 5.41) is 4.98. The van der Waals surface area contributed by atoms with Crippen molar-refractivity contribution in [3.05, 3.63) is 63.8 Å². The highest BCUT2D eigenvalue weighted by Crippen LogP contribution is 2.30. The monoisotopic (exact) mass is 379 g/mol. The summed E-state index contributed by atoms with van der Waals surface area (Å²) >= 11 is 1.50. The maximum absolute atomic E-state index is 12.4. The Hall–Kier alpha value is -2.66. The van der Waals surface area contributed by atoms with Gasteiger partial charge in [0.15, 0.2) is 6.10 Å². The van der Waals surface area contributed by atoms with E-state index in [1.165, 1.54) is 34.6 Å². The number of aryl methyl sites for hydroxylation is 2. The maximum Gasteiger partial charge on any atom is 0.349 e. The third-order valence-corrected chi connectivity index (χ3v) is 6.08. The van der Waals surface area contributed by atoms with Crippen LogP contribution in [0.4, 0.5) is 5.69 Å². The van der Waals surface area contributed by atoms with Gasteiger partial charge in [0.05, 0.1) is 0 Å². The summed E-state index contributed by atoms with van der Waals surface area (Å²) in [6.45, 7) is 1.60. The second kappa shape index (κ2) is 7.53. The molecule has 3 aromatic rings. The number of rotatable bonds is 4. The molecule has 4 rings (SSSR count). The first-order valence-corrected chi connectivity index (χ1v) is 10.0. The zero-order valence-electron chi connectivity index (χ0n) is 15.2. The van der Waals surface area contributed by atoms with Gasteiger partial charge in [-0.05, 0) is 67.1 Å². The van der Waals surface area contributed by atoms with Crippen LogP contribution >= 0.6 is 11.3 Å². The number of fused-ring (bicyclic) bond motifs is 2. The van der Waals surface area contributed by atoms with Gasteiger partial charge in [-0.15, -0.1) is 11.3 Å². The molecule has 4 nitrogen and oxygen atoms in total. The van der Waals surface area contributed by atoms with Crippen molar-refractivity contribution in [2.45, 2.75) is 38.7 Å². The van der Waals surface area contributed by atoms with Gasteiger partial charge in [0, 0.05) is 10.6 Å². The summed E-state index contributed by atoms with van der Waals surface area (Å²) in [6, 6.07) is 15.6. The molecule has 27 heavy (non-hydrogen) atoms. The smallest absolute Gasteiger partial charge is 0.349 e. The van der Waals surface area contributed by atoms with Crippen molar-refractivity contribution in [2.24, 2.45) is 0 Å². The minimum Gasteiger partial charge on any atom is -0.448 e. The lowest BCUT2D eigenvalue weighted by Crippen LogP contribution is -2.29. The van der Waals surface area contributed by atoms with E-state index in [2.05, 4.69) is 5.32 Å². The summed E-state index contributed by atoms with van der Waals surface area (Å²) < 4.78 is 5.40. The van der Waals surface area contributed by atoms with E-state index in [1.54, 1.807) is 6.92 Å². The van der Waals surface area contributed by atoms with E-state index in [0.717, 1.165) is 23.6 Å². The number of hydrogen-bond acceptors (Lipinski definition) is 4. The zero-order chi connectivity index (χ0) is 18.8. The quantitative estimate of drug-likeness (QED) is 0.652. The van der Waals surface area contributed by atoms with Crippen LogP contribution in [0.25, 0.3) is 10.8 Å². The van der Waals surface area contributed by atoms with Gasteiger partial charge in [0.1, 0.15) is 4.88 Å². The molecule has 1 unspecified atom stereocenters. The highest BCUT2D eigenvalue weighted by atomic mass is 32.1. The summed E-state index contributed by atoms with van der Waals surface area (Å²) in [6.07, 6.45) is 3.54. The predicted molar refractivity (Wildman–Crippen MR) is 108 cm³/mol. The first kappa shape index (κ1) is 17.7. The third kappa shape index (κ3) is 3.88. The number of nitrogens with one attached hydrogen (secondary N) is 1. The van der Waals surface area contributed by atoms with Gasteiger partial charge in [-0.3, -0.25) is 4.79 Å². The largest absolute Gasteiger partial charge is 0.448 e. The normalized spacial score (nSPS) is 14.4. The minimum atomic E-state index is -0.858. The molecular weight excluding hydrogens is 358 g/mol. The van der Waals surface area contributed by atoms with Crippen molar-refractivity contribution in [1.29, 1.82) is 0 Å². The molecule has 1 aromatic heterocycles. The summed E-state index contributed by atoms with van der Waals surface area (Å²) in [4.78, 5) is 26.7. The highest BCUT2D eigenvalue weighted by molar-refractivity contribution is 7.14. The second-order valence-corrected chi connectivity index (χ2v) is 8.00. The van der Waals surface area contributed by atoms with Crippen LogP contribution < -0.4 is 5.32 Å². The molecule has 2 aromatic carbocycles. The highest BCUT2D eigenvalue weighted by Gasteiger charge is 2.22. The molecule has 0 fully saturated rings. The zero-order valence-corrected chi connectivity index (χ0v) is 16.0. The van der Waals surface area contributed by atoms with Crippen LogP contribution in [0.15, 0.2) is 48.5 Å². The topological polar surface area (TPSA) is 55.4 Å². The maximum atomic E-state index is 12.4. The molecule has 0 saturated heterocycles. The molecule has 0 radical (unpaired) electrons. The van der Waals surface area contributed by atoms with Crippen LogP contribution in [0.5, 0.6) is 0 Å². The third-order valence-electron chi connectivity index (χ3n) is 4.87. The molecule has 0 bridgehead atoms. The fourth-order valence-corrected chi connectivity index (χ4v) is 4.51. The van der Waals surface area contributed by atoms with Crippen LogP contribution in [0, 0.1) is 0 Å². The Balaban J connectivity index is 1.40. The molecule has 1 amide bonds. The molecule has 1 aliphatic carbocycles. The predicted octanol–water partition coefficient (Wildman–Crippen LogP) is 4.96. The Morgan fingerprint density at radius 1 is 1.04 bits per heavy atom. The summed E-state index contributed by atoms with van der Waals surface area (Å²) in [5.41, 5.74) is 1.94. The number of carbonyl (C=O) groups excluding carboxylic acids is 2. The molecule has 138 valence electrons. The van der Waals surface area contributed by atoms with Crippen LogP contribution in [-0.2, 0) is 22.4 Å². The van der Waals surface area contributed by atoms with E-state index in [-0.39, 0.29) is 5.91 Å². The van der Waals surface area contributed by atoms with Gasteiger partial charge in [-0.2, -0.15) is 0 Å².